The third kappa shape index (κ3) is 2.58. The number of anilines is 2. The smallest absolute Gasteiger partial charge is 0.225 e. The molecule has 5 nitrogen and oxygen atoms in total. The van der Waals surface area contributed by atoms with E-state index < -0.39 is 0 Å². The van der Waals surface area contributed by atoms with Crippen LogP contribution in [0.4, 0.5) is 11.8 Å². The summed E-state index contributed by atoms with van der Waals surface area (Å²) in [5.41, 5.74) is 0. The average molecular weight is 292 g/mol. The van der Waals surface area contributed by atoms with E-state index in [1.165, 1.54) is 4.88 Å². The van der Waals surface area contributed by atoms with Gasteiger partial charge in [-0.1, -0.05) is 6.92 Å². The maximum Gasteiger partial charge on any atom is 0.225 e. The average Bonchev–Trinajstić information content (AvgIpc) is 2.84. The van der Waals surface area contributed by atoms with E-state index in [1.54, 1.807) is 11.3 Å². The van der Waals surface area contributed by atoms with Gasteiger partial charge in [-0.25, -0.2) is 4.98 Å². The molecule has 3 rings (SSSR count). The van der Waals surface area contributed by atoms with Crippen LogP contribution in [0, 0.1) is 5.92 Å². The van der Waals surface area contributed by atoms with Crippen LogP contribution in [-0.2, 0) is 6.42 Å². The first-order valence-corrected chi connectivity index (χ1v) is 7.91. The van der Waals surface area contributed by atoms with Crippen LogP contribution in [0.5, 0.6) is 0 Å². The van der Waals surface area contributed by atoms with Crippen LogP contribution in [0.25, 0.3) is 10.2 Å². The van der Waals surface area contributed by atoms with E-state index >= 15 is 0 Å². The third-order valence-electron chi connectivity index (χ3n) is 3.78. The van der Waals surface area contributed by atoms with Crippen molar-refractivity contribution in [1.82, 2.24) is 9.97 Å². The highest BCUT2D eigenvalue weighted by Gasteiger charge is 2.27. The van der Waals surface area contributed by atoms with Crippen LogP contribution in [0.1, 0.15) is 24.6 Å². The molecule has 108 valence electrons. The molecule has 1 fully saturated rings. The highest BCUT2D eigenvalue weighted by Crippen LogP contribution is 2.32. The molecule has 1 aliphatic rings. The van der Waals surface area contributed by atoms with Crippen molar-refractivity contribution in [3.8, 4) is 0 Å². The van der Waals surface area contributed by atoms with Crippen LogP contribution in [0.2, 0.25) is 0 Å². The molecule has 0 radical (unpaired) electrons. The minimum atomic E-state index is -0.104. The number of hydrogen-bond acceptors (Lipinski definition) is 6. The molecule has 1 aliphatic carbocycles. The quantitative estimate of drug-likeness (QED) is 0.790. The highest BCUT2D eigenvalue weighted by molar-refractivity contribution is 7.18. The highest BCUT2D eigenvalue weighted by atomic mass is 32.1. The van der Waals surface area contributed by atoms with Crippen molar-refractivity contribution in [2.45, 2.75) is 32.3 Å². The zero-order valence-corrected chi connectivity index (χ0v) is 12.6. The number of aliphatic hydroxyl groups is 1. The summed E-state index contributed by atoms with van der Waals surface area (Å²) < 4.78 is 0. The molecule has 2 aromatic rings. The van der Waals surface area contributed by atoms with Gasteiger partial charge in [-0.15, -0.1) is 11.3 Å². The van der Waals surface area contributed by atoms with E-state index in [1.807, 2.05) is 7.05 Å². The Hall–Kier alpha value is -1.40. The molecule has 6 heteroatoms. The second kappa shape index (κ2) is 5.54. The fraction of sp³-hybridized carbons (Fsp3) is 0.571. The lowest BCUT2D eigenvalue weighted by molar-refractivity contribution is 0.0486. The zero-order chi connectivity index (χ0) is 14.1. The molecule has 0 unspecified atom stereocenters. The number of nitrogens with zero attached hydrogens (tertiary/aromatic N) is 2. The van der Waals surface area contributed by atoms with E-state index in [2.05, 4.69) is 33.6 Å². The Morgan fingerprint density at radius 3 is 2.85 bits per heavy atom. The maximum absolute atomic E-state index is 9.34. The summed E-state index contributed by atoms with van der Waals surface area (Å²) in [4.78, 5) is 11.4. The minimum Gasteiger partial charge on any atom is -0.393 e. The van der Waals surface area contributed by atoms with Crippen molar-refractivity contribution in [2.75, 3.05) is 24.2 Å². The van der Waals surface area contributed by atoms with Gasteiger partial charge in [-0.3, -0.25) is 0 Å². The standard InChI is InChI=1S/C14H20N4OS/c1-3-10-6-11-12(16-7-8-4-9(19)5-8)17-14(15-2)18-13(11)20-10/h6,8-9,19H,3-5,7H2,1-2H3,(H2,15,16,17,18). The molecule has 3 N–H and O–H groups in total. The summed E-state index contributed by atoms with van der Waals surface area (Å²) in [6.07, 6.45) is 2.70. The van der Waals surface area contributed by atoms with Crippen LogP contribution >= 0.6 is 11.3 Å². The number of aromatic nitrogens is 2. The van der Waals surface area contributed by atoms with Gasteiger partial charge in [0.25, 0.3) is 0 Å². The fourth-order valence-electron chi connectivity index (χ4n) is 2.50. The predicted molar refractivity (Wildman–Crippen MR) is 83.6 cm³/mol. The summed E-state index contributed by atoms with van der Waals surface area (Å²) in [6.45, 7) is 3.02. The minimum absolute atomic E-state index is 0.104. The summed E-state index contributed by atoms with van der Waals surface area (Å²) in [6, 6.07) is 2.18. The Balaban J connectivity index is 1.84. The van der Waals surface area contributed by atoms with Gasteiger partial charge in [-0.2, -0.15) is 4.98 Å². The Kier molecular flexibility index (Phi) is 3.76. The van der Waals surface area contributed by atoms with Gasteiger partial charge in [0.2, 0.25) is 5.95 Å². The summed E-state index contributed by atoms with van der Waals surface area (Å²) in [5, 5.41) is 16.9. The number of aliphatic hydroxyl groups excluding tert-OH is 1. The van der Waals surface area contributed by atoms with E-state index in [9.17, 15) is 5.11 Å². The van der Waals surface area contributed by atoms with Crippen molar-refractivity contribution in [1.29, 1.82) is 0 Å². The third-order valence-corrected chi connectivity index (χ3v) is 4.96. The topological polar surface area (TPSA) is 70.1 Å². The van der Waals surface area contributed by atoms with Gasteiger partial charge in [0, 0.05) is 18.5 Å². The number of rotatable bonds is 5. The van der Waals surface area contributed by atoms with Crippen LogP contribution in [0.15, 0.2) is 6.07 Å². The molecule has 0 atom stereocenters. The molecule has 0 bridgehead atoms. The SMILES string of the molecule is CCc1cc2c(NCC3CC(O)C3)nc(NC)nc2s1. The number of hydrogen-bond donors (Lipinski definition) is 3. The van der Waals surface area contributed by atoms with Crippen LogP contribution < -0.4 is 10.6 Å². The molecule has 0 spiro atoms. The Bertz CT molecular complexity index is 606. The Labute approximate surface area is 122 Å². The monoisotopic (exact) mass is 292 g/mol. The lowest BCUT2D eigenvalue weighted by atomic mass is 9.82. The van der Waals surface area contributed by atoms with E-state index in [-0.39, 0.29) is 6.10 Å². The molecular weight excluding hydrogens is 272 g/mol. The van der Waals surface area contributed by atoms with Crippen molar-refractivity contribution in [3.63, 3.8) is 0 Å². The zero-order valence-electron chi connectivity index (χ0n) is 11.8. The van der Waals surface area contributed by atoms with Crippen molar-refractivity contribution in [2.24, 2.45) is 5.92 Å². The lowest BCUT2D eigenvalue weighted by Gasteiger charge is -2.31. The van der Waals surface area contributed by atoms with Gasteiger partial charge in [-0.05, 0) is 31.2 Å². The molecule has 0 saturated heterocycles. The molecule has 1 saturated carbocycles. The van der Waals surface area contributed by atoms with Crippen LogP contribution in [-0.4, -0.2) is 34.8 Å². The molecule has 0 amide bonds. The van der Waals surface area contributed by atoms with Crippen molar-refractivity contribution >= 4 is 33.3 Å². The van der Waals surface area contributed by atoms with Gasteiger partial charge in [0.15, 0.2) is 0 Å². The van der Waals surface area contributed by atoms with E-state index in [0.29, 0.717) is 11.9 Å². The van der Waals surface area contributed by atoms with Crippen molar-refractivity contribution in [3.05, 3.63) is 10.9 Å². The maximum atomic E-state index is 9.34. The van der Waals surface area contributed by atoms with Crippen LogP contribution in [0.3, 0.4) is 0 Å². The number of aryl methyl sites for hydroxylation is 1. The van der Waals surface area contributed by atoms with E-state index in [0.717, 1.165) is 41.8 Å². The van der Waals surface area contributed by atoms with E-state index in [4.69, 9.17) is 0 Å². The number of nitrogens with one attached hydrogen (secondary N) is 2. The first-order valence-electron chi connectivity index (χ1n) is 7.09. The fourth-order valence-corrected chi connectivity index (χ4v) is 3.47. The summed E-state index contributed by atoms with van der Waals surface area (Å²) in [7, 11) is 1.83. The summed E-state index contributed by atoms with van der Waals surface area (Å²) in [5.74, 6) is 2.10. The molecular formula is C14H20N4OS. The lowest BCUT2D eigenvalue weighted by Crippen LogP contribution is -2.33. The predicted octanol–water partition coefficient (Wildman–Crippen LogP) is 2.48. The van der Waals surface area contributed by atoms with Gasteiger partial charge < -0.3 is 15.7 Å². The second-order valence-corrected chi connectivity index (χ2v) is 6.42. The van der Waals surface area contributed by atoms with Crippen molar-refractivity contribution < 1.29 is 5.11 Å². The normalized spacial score (nSPS) is 21.8. The first kappa shape index (κ1) is 13.6. The second-order valence-electron chi connectivity index (χ2n) is 5.30. The molecule has 0 aromatic carbocycles. The Morgan fingerprint density at radius 1 is 1.40 bits per heavy atom. The number of thiophene rings is 1. The Morgan fingerprint density at radius 2 is 2.20 bits per heavy atom. The number of fused-ring (bicyclic) bond motifs is 1. The molecule has 20 heavy (non-hydrogen) atoms. The molecule has 0 aliphatic heterocycles. The molecule has 2 heterocycles. The van der Waals surface area contributed by atoms with Gasteiger partial charge in [0.05, 0.1) is 11.5 Å². The largest absolute Gasteiger partial charge is 0.393 e. The molecule has 2 aromatic heterocycles. The van der Waals surface area contributed by atoms with Gasteiger partial charge in [0.1, 0.15) is 10.6 Å². The summed E-state index contributed by atoms with van der Waals surface area (Å²) >= 11 is 1.72. The van der Waals surface area contributed by atoms with Gasteiger partial charge >= 0.3 is 0 Å². The first-order chi connectivity index (χ1) is 9.69.